The van der Waals surface area contributed by atoms with Crippen LogP contribution in [0.4, 0.5) is 4.39 Å². The first-order chi connectivity index (χ1) is 6.06. The summed E-state index contributed by atoms with van der Waals surface area (Å²) in [4.78, 5) is 0. The number of aliphatic hydroxyl groups excluding tert-OH is 1. The van der Waals surface area contributed by atoms with Gasteiger partial charge in [-0.2, -0.15) is 0 Å². The molecule has 13 heavy (non-hydrogen) atoms. The molecule has 0 fully saturated rings. The molecule has 0 aromatic heterocycles. The normalized spacial score (nSPS) is 13.0. The molecular formula is C9H9Cl2FO. The molecule has 1 aromatic rings. The summed E-state index contributed by atoms with van der Waals surface area (Å²) in [5.74, 6) is -0.643. The molecule has 0 radical (unpaired) electrons. The van der Waals surface area contributed by atoms with E-state index < -0.39 is 11.9 Å². The first-order valence-corrected chi connectivity index (χ1v) is 4.64. The number of benzene rings is 1. The van der Waals surface area contributed by atoms with Crippen LogP contribution >= 0.6 is 23.2 Å². The molecule has 0 bridgehead atoms. The quantitative estimate of drug-likeness (QED) is 0.759. The minimum absolute atomic E-state index is 0.0602. The fraction of sp³-hybridized carbons (Fsp3) is 0.333. The zero-order chi connectivity index (χ0) is 10.0. The van der Waals surface area contributed by atoms with Gasteiger partial charge in [0.05, 0.1) is 16.1 Å². The minimum atomic E-state index is -0.643. The van der Waals surface area contributed by atoms with Crippen LogP contribution in [0.2, 0.25) is 10.0 Å². The highest BCUT2D eigenvalue weighted by Crippen LogP contribution is 2.28. The molecule has 4 heteroatoms. The van der Waals surface area contributed by atoms with Crippen LogP contribution in [0, 0.1) is 5.82 Å². The fourth-order valence-electron chi connectivity index (χ4n) is 1.00. The Labute approximate surface area is 86.1 Å². The van der Waals surface area contributed by atoms with Gasteiger partial charge in [-0.1, -0.05) is 30.1 Å². The topological polar surface area (TPSA) is 20.2 Å². The Morgan fingerprint density at radius 1 is 1.38 bits per heavy atom. The standard InChI is InChI=1S/C9H9Cl2FO/c1-2-8(13)5-3-6(10)9(12)7(11)4-5/h3-4,8,13H,2H2,1H3. The lowest BCUT2D eigenvalue weighted by Gasteiger charge is -2.09. The van der Waals surface area contributed by atoms with Crippen molar-refractivity contribution < 1.29 is 9.50 Å². The molecule has 1 rings (SSSR count). The van der Waals surface area contributed by atoms with Crippen LogP contribution in [-0.2, 0) is 0 Å². The molecule has 1 nitrogen and oxygen atoms in total. The summed E-state index contributed by atoms with van der Waals surface area (Å²) in [5, 5.41) is 9.31. The Morgan fingerprint density at radius 2 is 1.85 bits per heavy atom. The number of halogens is 3. The zero-order valence-electron chi connectivity index (χ0n) is 7.02. The van der Waals surface area contributed by atoms with E-state index in [1.807, 2.05) is 6.92 Å². The second kappa shape index (κ2) is 4.27. The molecule has 0 aliphatic carbocycles. The highest BCUT2D eigenvalue weighted by Gasteiger charge is 2.11. The van der Waals surface area contributed by atoms with E-state index in [0.29, 0.717) is 12.0 Å². The van der Waals surface area contributed by atoms with Gasteiger partial charge in [-0.15, -0.1) is 0 Å². The summed E-state index contributed by atoms with van der Waals surface area (Å²) in [5.41, 5.74) is 0.541. The van der Waals surface area contributed by atoms with Gasteiger partial charge in [-0.3, -0.25) is 0 Å². The van der Waals surface area contributed by atoms with E-state index in [4.69, 9.17) is 23.2 Å². The Bertz CT molecular complexity index is 291. The average molecular weight is 223 g/mol. The van der Waals surface area contributed by atoms with Crippen LogP contribution in [0.3, 0.4) is 0 Å². The van der Waals surface area contributed by atoms with E-state index in [1.54, 1.807) is 0 Å². The van der Waals surface area contributed by atoms with E-state index >= 15 is 0 Å². The van der Waals surface area contributed by atoms with Crippen molar-refractivity contribution in [1.29, 1.82) is 0 Å². The van der Waals surface area contributed by atoms with Crippen LogP contribution in [0.5, 0.6) is 0 Å². The third kappa shape index (κ3) is 2.33. The van der Waals surface area contributed by atoms with Gasteiger partial charge in [0, 0.05) is 0 Å². The first kappa shape index (κ1) is 10.8. The third-order valence-corrected chi connectivity index (χ3v) is 2.33. The van der Waals surface area contributed by atoms with Gasteiger partial charge in [-0.25, -0.2) is 4.39 Å². The summed E-state index contributed by atoms with van der Waals surface area (Å²) in [6.45, 7) is 1.82. The Kier molecular flexibility index (Phi) is 3.54. The molecule has 0 aliphatic heterocycles. The van der Waals surface area contributed by atoms with Gasteiger partial charge in [0.1, 0.15) is 0 Å². The van der Waals surface area contributed by atoms with Crippen molar-refractivity contribution in [2.24, 2.45) is 0 Å². The molecule has 0 saturated carbocycles. The molecule has 1 aromatic carbocycles. The van der Waals surface area contributed by atoms with Gasteiger partial charge >= 0.3 is 0 Å². The molecule has 0 aliphatic rings. The Hall–Kier alpha value is -0.310. The maximum atomic E-state index is 12.9. The predicted molar refractivity (Wildman–Crippen MR) is 51.7 cm³/mol. The van der Waals surface area contributed by atoms with Gasteiger partial charge < -0.3 is 5.11 Å². The lowest BCUT2D eigenvalue weighted by molar-refractivity contribution is 0.173. The lowest BCUT2D eigenvalue weighted by atomic mass is 10.1. The van der Waals surface area contributed by atoms with Crippen molar-refractivity contribution in [2.75, 3.05) is 0 Å². The van der Waals surface area contributed by atoms with E-state index in [-0.39, 0.29) is 10.0 Å². The Balaban J connectivity index is 3.13. The van der Waals surface area contributed by atoms with E-state index in [1.165, 1.54) is 12.1 Å². The summed E-state index contributed by atoms with van der Waals surface area (Å²) in [7, 11) is 0. The van der Waals surface area contributed by atoms with Crippen LogP contribution in [0.15, 0.2) is 12.1 Å². The van der Waals surface area contributed by atoms with Gasteiger partial charge in [0.2, 0.25) is 0 Å². The van der Waals surface area contributed by atoms with Crippen LogP contribution in [0.1, 0.15) is 25.0 Å². The van der Waals surface area contributed by atoms with Crippen LogP contribution in [0.25, 0.3) is 0 Å². The van der Waals surface area contributed by atoms with Gasteiger partial charge in [0.15, 0.2) is 5.82 Å². The van der Waals surface area contributed by atoms with Crippen LogP contribution in [-0.4, -0.2) is 5.11 Å². The lowest BCUT2D eigenvalue weighted by Crippen LogP contribution is -1.96. The van der Waals surface area contributed by atoms with Crippen molar-refractivity contribution >= 4 is 23.2 Å². The molecule has 72 valence electrons. The van der Waals surface area contributed by atoms with E-state index in [0.717, 1.165) is 0 Å². The van der Waals surface area contributed by atoms with Crippen molar-refractivity contribution in [3.63, 3.8) is 0 Å². The maximum absolute atomic E-state index is 12.9. The van der Waals surface area contributed by atoms with Crippen molar-refractivity contribution in [2.45, 2.75) is 19.4 Å². The highest BCUT2D eigenvalue weighted by atomic mass is 35.5. The molecule has 0 heterocycles. The second-order valence-corrected chi connectivity index (χ2v) is 3.54. The largest absolute Gasteiger partial charge is 0.388 e. The molecule has 0 amide bonds. The minimum Gasteiger partial charge on any atom is -0.388 e. The molecule has 1 unspecified atom stereocenters. The number of rotatable bonds is 2. The van der Waals surface area contributed by atoms with E-state index in [2.05, 4.69) is 0 Å². The van der Waals surface area contributed by atoms with E-state index in [9.17, 15) is 9.50 Å². The predicted octanol–water partition coefficient (Wildman–Crippen LogP) is 3.58. The molecular weight excluding hydrogens is 214 g/mol. The highest BCUT2D eigenvalue weighted by molar-refractivity contribution is 6.35. The van der Waals surface area contributed by atoms with Gasteiger partial charge in [0.25, 0.3) is 0 Å². The SMILES string of the molecule is CCC(O)c1cc(Cl)c(F)c(Cl)c1. The average Bonchev–Trinajstić information content (AvgIpc) is 2.12. The maximum Gasteiger partial charge on any atom is 0.160 e. The summed E-state index contributed by atoms with van der Waals surface area (Å²) in [6, 6.07) is 2.77. The monoisotopic (exact) mass is 222 g/mol. The molecule has 0 saturated heterocycles. The smallest absolute Gasteiger partial charge is 0.160 e. The Morgan fingerprint density at radius 3 is 2.23 bits per heavy atom. The van der Waals surface area contributed by atoms with Crippen molar-refractivity contribution in [1.82, 2.24) is 0 Å². The number of aliphatic hydroxyl groups is 1. The molecule has 1 N–H and O–H groups in total. The first-order valence-electron chi connectivity index (χ1n) is 3.88. The number of hydrogen-bond donors (Lipinski definition) is 1. The number of hydrogen-bond acceptors (Lipinski definition) is 1. The summed E-state index contributed by atoms with van der Waals surface area (Å²) >= 11 is 11.1. The van der Waals surface area contributed by atoms with Crippen LogP contribution < -0.4 is 0 Å². The van der Waals surface area contributed by atoms with Gasteiger partial charge in [-0.05, 0) is 24.1 Å². The van der Waals surface area contributed by atoms with Crippen molar-refractivity contribution in [3.8, 4) is 0 Å². The van der Waals surface area contributed by atoms with Crippen molar-refractivity contribution in [3.05, 3.63) is 33.6 Å². The third-order valence-electron chi connectivity index (χ3n) is 1.78. The summed E-state index contributed by atoms with van der Waals surface area (Å²) in [6.07, 6.45) is -0.103. The molecule has 0 spiro atoms. The second-order valence-electron chi connectivity index (χ2n) is 2.72. The fourth-order valence-corrected chi connectivity index (χ4v) is 1.51. The molecule has 1 atom stereocenters. The zero-order valence-corrected chi connectivity index (χ0v) is 8.53. The summed E-state index contributed by atoms with van der Waals surface area (Å²) < 4.78 is 12.9.